The van der Waals surface area contributed by atoms with Gasteiger partial charge in [0.15, 0.2) is 11.5 Å². The zero-order valence-corrected chi connectivity index (χ0v) is 18.1. The Bertz CT molecular complexity index is 1230. The molecule has 2 amide bonds. The molecule has 3 aromatic rings. The molecule has 1 aromatic carbocycles. The molecule has 0 bridgehead atoms. The van der Waals surface area contributed by atoms with Crippen molar-refractivity contribution in [2.45, 2.75) is 26.3 Å². The highest BCUT2D eigenvalue weighted by Gasteiger charge is 2.30. The van der Waals surface area contributed by atoms with Crippen LogP contribution in [0, 0.1) is 12.8 Å². The smallest absolute Gasteiger partial charge is 0.273 e. The van der Waals surface area contributed by atoms with Crippen LogP contribution in [-0.2, 0) is 11.3 Å². The summed E-state index contributed by atoms with van der Waals surface area (Å²) in [4.78, 5) is 26.7. The van der Waals surface area contributed by atoms with Gasteiger partial charge in [-0.1, -0.05) is 6.07 Å². The first-order valence-electron chi connectivity index (χ1n) is 10.5. The number of amides is 2. The van der Waals surface area contributed by atoms with E-state index in [4.69, 9.17) is 0 Å². The standard InChI is InChI=1S/C22H24N8O2/c1-12-9-14-11-29(3)20-15(5-4-6-17(20)30(14)28-12)24-16-10-18(25-21(31)13-7-8-13)26-27-19(16)22(32)23-2/h4-6,9-10,13H,7-8,11H2,1-3H3,(H,23,32)(H2,24,25,26,31). The summed E-state index contributed by atoms with van der Waals surface area (Å²) < 4.78 is 1.95. The predicted molar refractivity (Wildman–Crippen MR) is 120 cm³/mol. The Morgan fingerprint density at radius 2 is 1.94 bits per heavy atom. The van der Waals surface area contributed by atoms with E-state index in [1.165, 1.54) is 7.05 Å². The quantitative estimate of drug-likeness (QED) is 0.567. The van der Waals surface area contributed by atoms with Gasteiger partial charge in [0.1, 0.15) is 0 Å². The van der Waals surface area contributed by atoms with Crippen molar-refractivity contribution in [2.24, 2.45) is 5.92 Å². The third-order valence-corrected chi connectivity index (χ3v) is 5.63. The van der Waals surface area contributed by atoms with E-state index in [1.54, 1.807) is 6.07 Å². The highest BCUT2D eigenvalue weighted by molar-refractivity contribution is 6.00. The van der Waals surface area contributed by atoms with Gasteiger partial charge in [0.2, 0.25) is 5.91 Å². The molecule has 1 aliphatic heterocycles. The first-order valence-corrected chi connectivity index (χ1v) is 10.5. The Morgan fingerprint density at radius 3 is 2.69 bits per heavy atom. The molecule has 5 rings (SSSR count). The number of hydrogen-bond acceptors (Lipinski definition) is 7. The van der Waals surface area contributed by atoms with Crippen molar-refractivity contribution in [3.8, 4) is 5.69 Å². The SMILES string of the molecule is CNC(=O)c1nnc(NC(=O)C2CC2)cc1Nc1cccc2c1N(C)Cc1cc(C)nn1-2. The number of hydrogen-bond donors (Lipinski definition) is 3. The number of nitrogens with zero attached hydrogens (tertiary/aromatic N) is 5. The van der Waals surface area contributed by atoms with Gasteiger partial charge in [-0.15, -0.1) is 10.2 Å². The second-order valence-corrected chi connectivity index (χ2v) is 8.18. The van der Waals surface area contributed by atoms with Crippen LogP contribution >= 0.6 is 0 Å². The Labute approximate surface area is 185 Å². The fourth-order valence-electron chi connectivity index (χ4n) is 3.95. The fourth-order valence-corrected chi connectivity index (χ4v) is 3.95. The second kappa shape index (κ2) is 7.63. The van der Waals surface area contributed by atoms with Crippen LogP contribution in [0.5, 0.6) is 0 Å². The highest BCUT2D eigenvalue weighted by Crippen LogP contribution is 2.39. The second-order valence-electron chi connectivity index (χ2n) is 8.18. The van der Waals surface area contributed by atoms with Gasteiger partial charge in [0, 0.05) is 26.1 Å². The zero-order valence-electron chi connectivity index (χ0n) is 18.1. The van der Waals surface area contributed by atoms with Crippen LogP contribution in [0.25, 0.3) is 5.69 Å². The van der Waals surface area contributed by atoms with Crippen molar-refractivity contribution >= 4 is 34.7 Å². The van der Waals surface area contributed by atoms with Gasteiger partial charge in [-0.05, 0) is 38.0 Å². The number of carbonyl (C=O) groups is 2. The maximum Gasteiger partial charge on any atom is 0.273 e. The molecule has 0 atom stereocenters. The maximum atomic E-state index is 12.4. The van der Waals surface area contributed by atoms with E-state index in [0.717, 1.165) is 41.3 Å². The van der Waals surface area contributed by atoms with Gasteiger partial charge < -0.3 is 20.9 Å². The Balaban J connectivity index is 1.55. The average molecular weight is 432 g/mol. The van der Waals surface area contributed by atoms with Crippen LogP contribution in [0.1, 0.15) is 34.7 Å². The van der Waals surface area contributed by atoms with Crippen LogP contribution in [0.3, 0.4) is 0 Å². The first-order chi connectivity index (χ1) is 15.4. The first kappa shape index (κ1) is 20.0. The molecule has 164 valence electrons. The number of benzene rings is 1. The number of rotatable bonds is 5. The minimum absolute atomic E-state index is 0.0355. The molecule has 32 heavy (non-hydrogen) atoms. The summed E-state index contributed by atoms with van der Waals surface area (Å²) in [7, 11) is 3.55. The molecule has 3 heterocycles. The van der Waals surface area contributed by atoms with E-state index in [9.17, 15) is 9.59 Å². The molecular formula is C22H24N8O2. The Hall–Kier alpha value is -3.95. The molecule has 2 aliphatic rings. The third kappa shape index (κ3) is 3.53. The summed E-state index contributed by atoms with van der Waals surface area (Å²) in [5, 5.41) is 21.5. The normalized spacial score (nSPS) is 14.4. The summed E-state index contributed by atoms with van der Waals surface area (Å²) in [6.45, 7) is 2.68. The number of carbonyl (C=O) groups excluding carboxylic acids is 2. The van der Waals surface area contributed by atoms with Crippen molar-refractivity contribution in [2.75, 3.05) is 29.6 Å². The van der Waals surface area contributed by atoms with Crippen LogP contribution < -0.4 is 20.9 Å². The van der Waals surface area contributed by atoms with Gasteiger partial charge in [0.05, 0.1) is 40.7 Å². The Morgan fingerprint density at radius 1 is 1.12 bits per heavy atom. The minimum atomic E-state index is -0.372. The molecule has 0 spiro atoms. The number of para-hydroxylation sites is 1. The molecule has 0 saturated heterocycles. The van der Waals surface area contributed by atoms with Gasteiger partial charge in [-0.25, -0.2) is 4.68 Å². The molecule has 2 aromatic heterocycles. The van der Waals surface area contributed by atoms with E-state index in [0.29, 0.717) is 18.1 Å². The lowest BCUT2D eigenvalue weighted by atomic mass is 10.1. The number of aromatic nitrogens is 4. The van der Waals surface area contributed by atoms with Gasteiger partial charge in [-0.3, -0.25) is 9.59 Å². The molecular weight excluding hydrogens is 408 g/mol. The predicted octanol–water partition coefficient (Wildman–Crippen LogP) is 2.37. The number of nitrogens with one attached hydrogen (secondary N) is 3. The number of fused-ring (bicyclic) bond motifs is 3. The monoisotopic (exact) mass is 432 g/mol. The number of aryl methyl sites for hydroxylation is 1. The van der Waals surface area contributed by atoms with Crippen molar-refractivity contribution in [3.05, 3.63) is 47.4 Å². The number of anilines is 4. The molecule has 0 unspecified atom stereocenters. The lowest BCUT2D eigenvalue weighted by Gasteiger charge is -2.30. The molecule has 10 heteroatoms. The highest BCUT2D eigenvalue weighted by atomic mass is 16.2. The summed E-state index contributed by atoms with van der Waals surface area (Å²) in [6.07, 6.45) is 1.77. The largest absolute Gasteiger partial charge is 0.365 e. The van der Waals surface area contributed by atoms with Crippen molar-refractivity contribution < 1.29 is 9.59 Å². The van der Waals surface area contributed by atoms with Crippen LogP contribution in [-0.4, -0.2) is 45.9 Å². The minimum Gasteiger partial charge on any atom is -0.365 e. The molecule has 1 saturated carbocycles. The van der Waals surface area contributed by atoms with Crippen molar-refractivity contribution in [1.29, 1.82) is 0 Å². The van der Waals surface area contributed by atoms with E-state index >= 15 is 0 Å². The summed E-state index contributed by atoms with van der Waals surface area (Å²) in [5.74, 6) is -0.104. The topological polar surface area (TPSA) is 117 Å². The maximum absolute atomic E-state index is 12.4. The lowest BCUT2D eigenvalue weighted by molar-refractivity contribution is -0.117. The molecule has 1 fully saturated rings. The lowest BCUT2D eigenvalue weighted by Crippen LogP contribution is -2.27. The summed E-state index contributed by atoms with van der Waals surface area (Å²) in [5.41, 5.74) is 5.34. The van der Waals surface area contributed by atoms with E-state index in [-0.39, 0.29) is 23.4 Å². The fraction of sp³-hybridized carbons (Fsp3) is 0.318. The summed E-state index contributed by atoms with van der Waals surface area (Å²) >= 11 is 0. The van der Waals surface area contributed by atoms with E-state index in [1.807, 2.05) is 36.9 Å². The molecule has 10 nitrogen and oxygen atoms in total. The van der Waals surface area contributed by atoms with Gasteiger partial charge in [0.25, 0.3) is 5.91 Å². The zero-order chi connectivity index (χ0) is 22.4. The van der Waals surface area contributed by atoms with E-state index in [2.05, 4.69) is 42.2 Å². The van der Waals surface area contributed by atoms with Gasteiger partial charge >= 0.3 is 0 Å². The average Bonchev–Trinajstić information content (AvgIpc) is 3.56. The van der Waals surface area contributed by atoms with Crippen LogP contribution in [0.2, 0.25) is 0 Å². The molecule has 0 radical (unpaired) electrons. The molecule has 3 N–H and O–H groups in total. The third-order valence-electron chi connectivity index (χ3n) is 5.63. The van der Waals surface area contributed by atoms with Crippen molar-refractivity contribution in [1.82, 2.24) is 25.3 Å². The molecule has 1 aliphatic carbocycles. The van der Waals surface area contributed by atoms with Crippen LogP contribution in [0.15, 0.2) is 30.3 Å². The van der Waals surface area contributed by atoms with Gasteiger partial charge in [-0.2, -0.15) is 5.10 Å². The summed E-state index contributed by atoms with van der Waals surface area (Å²) in [6, 6.07) is 9.60. The van der Waals surface area contributed by atoms with Crippen LogP contribution in [0.4, 0.5) is 22.9 Å². The van der Waals surface area contributed by atoms with Crippen molar-refractivity contribution in [3.63, 3.8) is 0 Å². The Kier molecular flexibility index (Phi) is 4.76. The van der Waals surface area contributed by atoms with E-state index < -0.39 is 0 Å².